The molecule has 21 heavy (non-hydrogen) atoms. The van der Waals surface area contributed by atoms with Crippen molar-refractivity contribution in [2.75, 3.05) is 25.0 Å². The number of hydrogen-bond donors (Lipinski definition) is 1. The predicted molar refractivity (Wildman–Crippen MR) is 90.6 cm³/mol. The maximum atomic E-state index is 4.60. The molecule has 1 saturated heterocycles. The standard InChI is InChI=1S/C18H31N3/c1-14(2)12-20-18-16(8-7-10-19-18)17-9-5-6-11-21(17)13-15(3)4/h7-8,10,14-15,17H,5-6,9,11-13H2,1-4H3,(H,19,20)/t17-/m0/s1. The van der Waals surface area contributed by atoms with Crippen LogP contribution in [-0.2, 0) is 0 Å². The molecule has 0 spiro atoms. The van der Waals surface area contributed by atoms with Crippen LogP contribution < -0.4 is 5.32 Å². The Kier molecular flexibility index (Phi) is 6.04. The molecule has 2 heterocycles. The highest BCUT2D eigenvalue weighted by atomic mass is 15.2. The Morgan fingerprint density at radius 3 is 2.76 bits per heavy atom. The Labute approximate surface area is 130 Å². The summed E-state index contributed by atoms with van der Waals surface area (Å²) < 4.78 is 0. The van der Waals surface area contributed by atoms with Gasteiger partial charge in [-0.1, -0.05) is 40.2 Å². The maximum absolute atomic E-state index is 4.60. The molecule has 0 unspecified atom stereocenters. The van der Waals surface area contributed by atoms with Gasteiger partial charge in [-0.25, -0.2) is 4.98 Å². The fourth-order valence-corrected chi connectivity index (χ4v) is 3.17. The molecule has 1 aliphatic heterocycles. The molecule has 2 rings (SSSR count). The van der Waals surface area contributed by atoms with Gasteiger partial charge in [0.1, 0.15) is 5.82 Å². The second-order valence-electron chi connectivity index (χ2n) is 7.12. The van der Waals surface area contributed by atoms with Crippen LogP contribution in [0, 0.1) is 11.8 Å². The van der Waals surface area contributed by atoms with Crippen molar-refractivity contribution >= 4 is 5.82 Å². The zero-order valence-electron chi connectivity index (χ0n) is 14.1. The third-order valence-corrected chi connectivity index (χ3v) is 4.09. The molecule has 3 nitrogen and oxygen atoms in total. The fraction of sp³-hybridized carbons (Fsp3) is 0.722. The van der Waals surface area contributed by atoms with Crippen molar-refractivity contribution in [1.82, 2.24) is 9.88 Å². The van der Waals surface area contributed by atoms with E-state index in [0.29, 0.717) is 17.9 Å². The molecule has 118 valence electrons. The summed E-state index contributed by atoms with van der Waals surface area (Å²) in [7, 11) is 0. The lowest BCUT2D eigenvalue weighted by molar-refractivity contribution is 0.132. The molecule has 1 aromatic rings. The van der Waals surface area contributed by atoms with E-state index in [1.165, 1.54) is 37.9 Å². The number of pyridine rings is 1. The lowest BCUT2D eigenvalue weighted by Gasteiger charge is -2.37. The van der Waals surface area contributed by atoms with Crippen LogP contribution in [0.2, 0.25) is 0 Å². The van der Waals surface area contributed by atoms with E-state index in [4.69, 9.17) is 0 Å². The van der Waals surface area contributed by atoms with Crippen LogP contribution in [0.3, 0.4) is 0 Å². The Balaban J connectivity index is 2.17. The van der Waals surface area contributed by atoms with Crippen molar-refractivity contribution in [3.8, 4) is 0 Å². The number of nitrogens with one attached hydrogen (secondary N) is 1. The monoisotopic (exact) mass is 289 g/mol. The summed E-state index contributed by atoms with van der Waals surface area (Å²) in [6.45, 7) is 12.5. The van der Waals surface area contributed by atoms with Gasteiger partial charge in [-0.2, -0.15) is 0 Å². The van der Waals surface area contributed by atoms with Crippen molar-refractivity contribution in [2.45, 2.75) is 53.0 Å². The average molecular weight is 289 g/mol. The number of piperidine rings is 1. The minimum absolute atomic E-state index is 0.532. The van der Waals surface area contributed by atoms with E-state index < -0.39 is 0 Å². The minimum atomic E-state index is 0.532. The first-order valence-corrected chi connectivity index (χ1v) is 8.50. The number of nitrogens with zero attached hydrogens (tertiary/aromatic N) is 2. The van der Waals surface area contributed by atoms with Gasteiger partial charge in [0.2, 0.25) is 0 Å². The van der Waals surface area contributed by atoms with Gasteiger partial charge >= 0.3 is 0 Å². The molecule has 1 atom stereocenters. The van der Waals surface area contributed by atoms with E-state index in [2.05, 4.69) is 55.0 Å². The van der Waals surface area contributed by atoms with Crippen molar-refractivity contribution in [1.29, 1.82) is 0 Å². The maximum Gasteiger partial charge on any atom is 0.130 e. The van der Waals surface area contributed by atoms with E-state index in [1.807, 2.05) is 6.20 Å². The molecule has 1 aliphatic rings. The molecule has 0 radical (unpaired) electrons. The highest BCUT2D eigenvalue weighted by Gasteiger charge is 2.26. The Morgan fingerprint density at radius 2 is 2.05 bits per heavy atom. The first kappa shape index (κ1) is 16.3. The van der Waals surface area contributed by atoms with E-state index >= 15 is 0 Å². The van der Waals surface area contributed by atoms with Gasteiger partial charge in [-0.05, 0) is 37.3 Å². The number of aromatic nitrogens is 1. The third-order valence-electron chi connectivity index (χ3n) is 4.09. The van der Waals surface area contributed by atoms with Crippen LogP contribution in [0.15, 0.2) is 18.3 Å². The topological polar surface area (TPSA) is 28.2 Å². The summed E-state index contributed by atoms with van der Waals surface area (Å²) >= 11 is 0. The summed E-state index contributed by atoms with van der Waals surface area (Å²) in [5.74, 6) is 2.44. The van der Waals surface area contributed by atoms with Crippen molar-refractivity contribution in [2.24, 2.45) is 11.8 Å². The molecular formula is C18H31N3. The minimum Gasteiger partial charge on any atom is -0.370 e. The molecule has 0 bridgehead atoms. The molecule has 0 saturated carbocycles. The van der Waals surface area contributed by atoms with Gasteiger partial charge in [0.15, 0.2) is 0 Å². The van der Waals surface area contributed by atoms with Crippen LogP contribution in [0.1, 0.15) is 58.6 Å². The van der Waals surface area contributed by atoms with Gasteiger partial charge in [0.25, 0.3) is 0 Å². The summed E-state index contributed by atoms with van der Waals surface area (Å²) in [5.41, 5.74) is 1.39. The zero-order chi connectivity index (χ0) is 15.2. The van der Waals surface area contributed by atoms with Crippen molar-refractivity contribution in [3.63, 3.8) is 0 Å². The second-order valence-corrected chi connectivity index (χ2v) is 7.12. The van der Waals surface area contributed by atoms with E-state index in [9.17, 15) is 0 Å². The highest BCUT2D eigenvalue weighted by Crippen LogP contribution is 2.34. The Bertz CT molecular complexity index is 428. The Morgan fingerprint density at radius 1 is 1.24 bits per heavy atom. The number of anilines is 1. The lowest BCUT2D eigenvalue weighted by Crippen LogP contribution is -2.36. The second kappa shape index (κ2) is 7.79. The quantitative estimate of drug-likeness (QED) is 0.844. The largest absolute Gasteiger partial charge is 0.370 e. The van der Waals surface area contributed by atoms with E-state index in [0.717, 1.165) is 12.4 Å². The van der Waals surface area contributed by atoms with Gasteiger partial charge in [0, 0.05) is 30.9 Å². The van der Waals surface area contributed by atoms with Gasteiger partial charge in [0.05, 0.1) is 0 Å². The van der Waals surface area contributed by atoms with Crippen molar-refractivity contribution in [3.05, 3.63) is 23.9 Å². The zero-order valence-corrected chi connectivity index (χ0v) is 14.1. The van der Waals surface area contributed by atoms with Crippen LogP contribution in [0.25, 0.3) is 0 Å². The van der Waals surface area contributed by atoms with Gasteiger partial charge < -0.3 is 5.32 Å². The Hall–Kier alpha value is -1.09. The van der Waals surface area contributed by atoms with Crippen molar-refractivity contribution < 1.29 is 0 Å². The molecule has 0 aliphatic carbocycles. The number of hydrogen-bond acceptors (Lipinski definition) is 3. The molecule has 1 N–H and O–H groups in total. The van der Waals surface area contributed by atoms with Crippen LogP contribution >= 0.6 is 0 Å². The molecule has 0 aromatic carbocycles. The molecular weight excluding hydrogens is 258 g/mol. The van der Waals surface area contributed by atoms with Crippen LogP contribution in [0.5, 0.6) is 0 Å². The molecule has 1 fully saturated rings. The SMILES string of the molecule is CC(C)CNc1ncccc1[C@@H]1CCCCN1CC(C)C. The normalized spacial score (nSPS) is 20.2. The number of rotatable bonds is 6. The molecule has 0 amide bonds. The van der Waals surface area contributed by atoms with Gasteiger partial charge in [-0.15, -0.1) is 0 Å². The van der Waals surface area contributed by atoms with E-state index in [-0.39, 0.29) is 0 Å². The van der Waals surface area contributed by atoms with Gasteiger partial charge in [-0.3, -0.25) is 4.90 Å². The van der Waals surface area contributed by atoms with Crippen LogP contribution in [-0.4, -0.2) is 29.5 Å². The smallest absolute Gasteiger partial charge is 0.130 e. The average Bonchev–Trinajstić information content (AvgIpc) is 2.45. The summed E-state index contributed by atoms with van der Waals surface area (Å²) in [5, 5.41) is 3.55. The fourth-order valence-electron chi connectivity index (χ4n) is 3.17. The van der Waals surface area contributed by atoms with Crippen LogP contribution in [0.4, 0.5) is 5.82 Å². The summed E-state index contributed by atoms with van der Waals surface area (Å²) in [4.78, 5) is 7.26. The first-order chi connectivity index (χ1) is 10.1. The third kappa shape index (κ3) is 4.70. The van der Waals surface area contributed by atoms with E-state index in [1.54, 1.807) is 0 Å². The number of likely N-dealkylation sites (tertiary alicyclic amines) is 1. The first-order valence-electron chi connectivity index (χ1n) is 8.50. The summed E-state index contributed by atoms with van der Waals surface area (Å²) in [6, 6.07) is 4.88. The summed E-state index contributed by atoms with van der Waals surface area (Å²) in [6.07, 6.45) is 5.83. The molecule has 1 aromatic heterocycles. The lowest BCUT2D eigenvalue weighted by atomic mass is 9.94. The molecule has 3 heteroatoms. The highest BCUT2D eigenvalue weighted by molar-refractivity contribution is 5.46. The predicted octanol–water partition coefficient (Wildman–Crippen LogP) is 4.33.